The molecule has 0 fully saturated rings. The average Bonchev–Trinajstić information content (AvgIpc) is 2.27. The van der Waals surface area contributed by atoms with E-state index in [1.165, 1.54) is 5.56 Å². The van der Waals surface area contributed by atoms with Crippen LogP contribution < -0.4 is 10.1 Å². The van der Waals surface area contributed by atoms with E-state index < -0.39 is 0 Å². The molecule has 1 aromatic carbocycles. The monoisotopic (exact) mass is 297 g/mol. The molecule has 1 aliphatic heterocycles. The van der Waals surface area contributed by atoms with Crippen LogP contribution in [-0.4, -0.2) is 12.6 Å². The molecule has 1 heterocycles. The quantitative estimate of drug-likeness (QED) is 0.894. The Balaban J connectivity index is 2.43. The largest absolute Gasteiger partial charge is 0.487 e. The van der Waals surface area contributed by atoms with Crippen molar-refractivity contribution in [2.24, 2.45) is 5.92 Å². The molecule has 0 bridgehead atoms. The second-order valence-corrected chi connectivity index (χ2v) is 6.21. The van der Waals surface area contributed by atoms with Crippen LogP contribution in [0.5, 0.6) is 5.75 Å². The summed E-state index contributed by atoms with van der Waals surface area (Å²) in [6.45, 7) is 6.64. The fourth-order valence-electron chi connectivity index (χ4n) is 2.30. The van der Waals surface area contributed by atoms with E-state index in [1.54, 1.807) is 0 Å². The van der Waals surface area contributed by atoms with Gasteiger partial charge < -0.3 is 10.1 Å². The molecule has 1 N–H and O–H groups in total. The molecule has 0 aromatic heterocycles. The highest BCUT2D eigenvalue weighted by atomic mass is 79.9. The van der Waals surface area contributed by atoms with E-state index in [4.69, 9.17) is 4.74 Å². The van der Waals surface area contributed by atoms with E-state index in [0.717, 1.165) is 16.6 Å². The molecular formula is C14H20BrNO. The second-order valence-electron chi connectivity index (χ2n) is 5.30. The lowest BCUT2D eigenvalue weighted by Gasteiger charge is -2.42. The molecule has 94 valence electrons. The SMILES string of the molecule is CNC1CC(C)(C(C)C)Oc2cc(Br)ccc21. The number of benzene rings is 1. The lowest BCUT2D eigenvalue weighted by molar-refractivity contribution is 0.00679. The Morgan fingerprint density at radius 1 is 1.47 bits per heavy atom. The maximum Gasteiger partial charge on any atom is 0.126 e. The number of rotatable bonds is 2. The molecule has 1 aliphatic rings. The molecule has 3 heteroatoms. The van der Waals surface area contributed by atoms with Gasteiger partial charge in [0.05, 0.1) is 0 Å². The molecule has 2 atom stereocenters. The minimum atomic E-state index is -0.0958. The van der Waals surface area contributed by atoms with Gasteiger partial charge in [-0.05, 0) is 32.0 Å². The fourth-order valence-corrected chi connectivity index (χ4v) is 2.64. The molecular weight excluding hydrogens is 278 g/mol. The van der Waals surface area contributed by atoms with Crippen LogP contribution in [0.2, 0.25) is 0 Å². The Kier molecular flexibility index (Phi) is 3.50. The maximum absolute atomic E-state index is 6.22. The number of hydrogen-bond donors (Lipinski definition) is 1. The molecule has 0 spiro atoms. The second kappa shape index (κ2) is 4.62. The van der Waals surface area contributed by atoms with Crippen LogP contribution in [0, 0.1) is 5.92 Å². The van der Waals surface area contributed by atoms with Crippen LogP contribution in [-0.2, 0) is 0 Å². The first-order valence-corrected chi connectivity index (χ1v) is 6.91. The van der Waals surface area contributed by atoms with Crippen LogP contribution in [0.3, 0.4) is 0 Å². The highest BCUT2D eigenvalue weighted by Crippen LogP contribution is 2.43. The Morgan fingerprint density at radius 3 is 2.76 bits per heavy atom. The number of fused-ring (bicyclic) bond motifs is 1. The third-order valence-corrected chi connectivity index (χ3v) is 4.37. The van der Waals surface area contributed by atoms with Gasteiger partial charge in [-0.25, -0.2) is 0 Å². The van der Waals surface area contributed by atoms with Crippen LogP contribution in [0.25, 0.3) is 0 Å². The first kappa shape index (κ1) is 12.9. The topological polar surface area (TPSA) is 21.3 Å². The van der Waals surface area contributed by atoms with Crippen LogP contribution in [0.4, 0.5) is 0 Å². The Bertz CT molecular complexity index is 419. The standard InChI is InChI=1S/C14H20BrNO/c1-9(2)14(3)8-12(16-4)11-6-5-10(15)7-13(11)17-14/h5-7,9,12,16H,8H2,1-4H3. The summed E-state index contributed by atoms with van der Waals surface area (Å²) in [6, 6.07) is 6.66. The molecule has 0 saturated heterocycles. The highest BCUT2D eigenvalue weighted by molar-refractivity contribution is 9.10. The van der Waals surface area contributed by atoms with Crippen molar-refractivity contribution in [1.29, 1.82) is 0 Å². The summed E-state index contributed by atoms with van der Waals surface area (Å²) >= 11 is 3.51. The normalized spacial score (nSPS) is 27.8. The van der Waals surface area contributed by atoms with E-state index in [1.807, 2.05) is 7.05 Å². The third kappa shape index (κ3) is 2.36. The van der Waals surface area contributed by atoms with E-state index in [0.29, 0.717) is 12.0 Å². The van der Waals surface area contributed by atoms with E-state index in [2.05, 4.69) is 60.2 Å². The van der Waals surface area contributed by atoms with Gasteiger partial charge in [0.15, 0.2) is 0 Å². The zero-order chi connectivity index (χ0) is 12.6. The number of ether oxygens (including phenoxy) is 1. The molecule has 0 saturated carbocycles. The van der Waals surface area contributed by atoms with Crippen LogP contribution >= 0.6 is 15.9 Å². The van der Waals surface area contributed by atoms with Crippen molar-refractivity contribution in [3.63, 3.8) is 0 Å². The van der Waals surface area contributed by atoms with Gasteiger partial charge in [0.1, 0.15) is 11.4 Å². The minimum absolute atomic E-state index is 0.0958. The molecule has 0 radical (unpaired) electrons. The van der Waals surface area contributed by atoms with Gasteiger partial charge in [-0.1, -0.05) is 35.8 Å². The fraction of sp³-hybridized carbons (Fsp3) is 0.571. The molecule has 1 aromatic rings. The van der Waals surface area contributed by atoms with Gasteiger partial charge in [-0.2, -0.15) is 0 Å². The zero-order valence-corrected chi connectivity index (χ0v) is 12.5. The van der Waals surface area contributed by atoms with Gasteiger partial charge in [0.2, 0.25) is 0 Å². The third-order valence-electron chi connectivity index (χ3n) is 3.87. The molecule has 0 aliphatic carbocycles. The zero-order valence-electron chi connectivity index (χ0n) is 10.9. The van der Waals surface area contributed by atoms with Crippen molar-refractivity contribution in [3.8, 4) is 5.75 Å². The highest BCUT2D eigenvalue weighted by Gasteiger charge is 2.39. The van der Waals surface area contributed by atoms with E-state index in [9.17, 15) is 0 Å². The summed E-state index contributed by atoms with van der Waals surface area (Å²) < 4.78 is 7.29. The van der Waals surface area contributed by atoms with Crippen LogP contribution in [0.15, 0.2) is 22.7 Å². The van der Waals surface area contributed by atoms with E-state index >= 15 is 0 Å². The smallest absolute Gasteiger partial charge is 0.126 e. The first-order valence-electron chi connectivity index (χ1n) is 6.12. The van der Waals surface area contributed by atoms with Gasteiger partial charge in [-0.15, -0.1) is 0 Å². The summed E-state index contributed by atoms with van der Waals surface area (Å²) in [7, 11) is 2.02. The van der Waals surface area contributed by atoms with E-state index in [-0.39, 0.29) is 5.60 Å². The Labute approximate surface area is 112 Å². The summed E-state index contributed by atoms with van der Waals surface area (Å²) in [4.78, 5) is 0. The molecule has 17 heavy (non-hydrogen) atoms. The predicted molar refractivity (Wildman–Crippen MR) is 74.4 cm³/mol. The van der Waals surface area contributed by atoms with Gasteiger partial charge in [0.25, 0.3) is 0 Å². The summed E-state index contributed by atoms with van der Waals surface area (Å²) in [5.74, 6) is 1.49. The molecule has 2 rings (SSSR count). The van der Waals surface area contributed by atoms with Gasteiger partial charge >= 0.3 is 0 Å². The Morgan fingerprint density at radius 2 is 2.18 bits per heavy atom. The van der Waals surface area contributed by atoms with Gasteiger partial charge in [0, 0.05) is 22.5 Å². The number of nitrogens with one attached hydrogen (secondary N) is 1. The minimum Gasteiger partial charge on any atom is -0.487 e. The first-order chi connectivity index (χ1) is 7.96. The Hall–Kier alpha value is -0.540. The number of hydrogen-bond acceptors (Lipinski definition) is 2. The lowest BCUT2D eigenvalue weighted by Crippen LogP contribution is -2.45. The molecule has 2 nitrogen and oxygen atoms in total. The van der Waals surface area contributed by atoms with Gasteiger partial charge in [-0.3, -0.25) is 0 Å². The maximum atomic E-state index is 6.22. The average molecular weight is 298 g/mol. The summed E-state index contributed by atoms with van der Waals surface area (Å²) in [6.07, 6.45) is 1.01. The van der Waals surface area contributed by atoms with Crippen molar-refractivity contribution < 1.29 is 4.74 Å². The summed E-state index contributed by atoms with van der Waals surface area (Å²) in [5.41, 5.74) is 1.16. The van der Waals surface area contributed by atoms with Crippen molar-refractivity contribution >= 4 is 15.9 Å². The summed E-state index contributed by atoms with van der Waals surface area (Å²) in [5, 5.41) is 3.39. The van der Waals surface area contributed by atoms with Crippen molar-refractivity contribution in [3.05, 3.63) is 28.2 Å². The molecule has 0 amide bonds. The van der Waals surface area contributed by atoms with Crippen molar-refractivity contribution in [1.82, 2.24) is 5.32 Å². The van der Waals surface area contributed by atoms with Crippen LogP contribution in [0.1, 0.15) is 38.8 Å². The van der Waals surface area contributed by atoms with Crippen molar-refractivity contribution in [2.45, 2.75) is 38.8 Å². The lowest BCUT2D eigenvalue weighted by atomic mass is 9.81. The number of halogens is 1. The van der Waals surface area contributed by atoms with Crippen molar-refractivity contribution in [2.75, 3.05) is 7.05 Å². The predicted octanol–water partition coefficient (Wildman–Crippen LogP) is 3.91. The molecule has 2 unspecified atom stereocenters.